The van der Waals surface area contributed by atoms with E-state index < -0.39 is 11.8 Å². The monoisotopic (exact) mass is 417 g/mol. The molecule has 0 spiro atoms. The Morgan fingerprint density at radius 2 is 1.74 bits per heavy atom. The smallest absolute Gasteiger partial charge is 0.363 e. The molecule has 0 radical (unpaired) electrons. The van der Waals surface area contributed by atoms with Gasteiger partial charge < -0.3 is 14.2 Å². The van der Waals surface area contributed by atoms with Gasteiger partial charge in [0.15, 0.2) is 17.2 Å². The van der Waals surface area contributed by atoms with Crippen LogP contribution in [0.5, 0.6) is 11.5 Å². The lowest BCUT2D eigenvalue weighted by Crippen LogP contribution is -2.07. The zero-order chi connectivity index (χ0) is 21.6. The van der Waals surface area contributed by atoms with Crippen molar-refractivity contribution >= 4 is 17.9 Å². The molecule has 1 aliphatic rings. The molecular weight excluding hydrogens is 397 g/mol. The molecule has 3 aromatic carbocycles. The Hall–Kier alpha value is -3.93. The van der Waals surface area contributed by atoms with Crippen molar-refractivity contribution in [3.05, 3.63) is 101 Å². The number of hydrogen-bond donors (Lipinski definition) is 0. The van der Waals surface area contributed by atoms with Gasteiger partial charge in [-0.2, -0.15) is 0 Å². The Labute approximate surface area is 179 Å². The maximum atomic E-state index is 14.0. The van der Waals surface area contributed by atoms with Crippen LogP contribution in [-0.2, 0) is 16.1 Å². The molecule has 156 valence electrons. The van der Waals surface area contributed by atoms with Crippen LogP contribution in [-0.4, -0.2) is 18.5 Å². The highest BCUT2D eigenvalue weighted by Gasteiger charge is 2.26. The van der Waals surface area contributed by atoms with Gasteiger partial charge in [-0.1, -0.05) is 48.5 Å². The molecule has 5 nitrogen and oxygen atoms in total. The third kappa shape index (κ3) is 4.80. The van der Waals surface area contributed by atoms with Crippen molar-refractivity contribution in [3.63, 3.8) is 0 Å². The van der Waals surface area contributed by atoms with Crippen molar-refractivity contribution in [1.82, 2.24) is 0 Å². The fourth-order valence-corrected chi connectivity index (χ4v) is 3.05. The van der Waals surface area contributed by atoms with E-state index in [1.165, 1.54) is 12.1 Å². The highest BCUT2D eigenvalue weighted by Crippen LogP contribution is 2.31. The minimum atomic E-state index is -0.638. The number of carbonyl (C=O) groups excluding carboxylic acids is 1. The molecule has 0 unspecified atom stereocenters. The van der Waals surface area contributed by atoms with Gasteiger partial charge in [-0.25, -0.2) is 14.2 Å². The summed E-state index contributed by atoms with van der Waals surface area (Å²) in [5.41, 5.74) is 1.94. The molecule has 0 fully saturated rings. The van der Waals surface area contributed by atoms with E-state index in [-0.39, 0.29) is 17.2 Å². The van der Waals surface area contributed by atoms with E-state index in [1.54, 1.807) is 36.4 Å². The van der Waals surface area contributed by atoms with Crippen molar-refractivity contribution < 1.29 is 23.4 Å². The molecule has 4 rings (SSSR count). The normalized spacial score (nSPS) is 14.3. The molecule has 6 heteroatoms. The van der Waals surface area contributed by atoms with Crippen LogP contribution in [0.4, 0.5) is 4.39 Å². The number of halogens is 1. The third-order valence-electron chi connectivity index (χ3n) is 4.53. The number of esters is 1. The second kappa shape index (κ2) is 9.26. The maximum absolute atomic E-state index is 14.0. The van der Waals surface area contributed by atoms with Crippen LogP contribution in [0.25, 0.3) is 6.08 Å². The number of carbonyl (C=O) groups is 1. The number of ether oxygens (including phenoxy) is 3. The first-order valence-corrected chi connectivity index (χ1v) is 9.85. The number of benzene rings is 3. The second-order valence-electron chi connectivity index (χ2n) is 6.73. The Morgan fingerprint density at radius 3 is 2.52 bits per heavy atom. The van der Waals surface area contributed by atoms with E-state index in [1.807, 2.05) is 37.3 Å². The summed E-state index contributed by atoms with van der Waals surface area (Å²) in [5, 5.41) is 0. The lowest BCUT2D eigenvalue weighted by atomic mass is 10.1. The Bertz CT molecular complexity index is 1160. The van der Waals surface area contributed by atoms with Gasteiger partial charge in [0.25, 0.3) is 0 Å². The maximum Gasteiger partial charge on any atom is 0.363 e. The lowest BCUT2D eigenvalue weighted by molar-refractivity contribution is -0.129. The molecule has 0 atom stereocenters. The minimum absolute atomic E-state index is 0.0535. The van der Waals surface area contributed by atoms with Gasteiger partial charge in [0.1, 0.15) is 12.4 Å². The molecule has 1 heterocycles. The van der Waals surface area contributed by atoms with E-state index in [2.05, 4.69) is 4.99 Å². The average molecular weight is 417 g/mol. The van der Waals surface area contributed by atoms with Crippen LogP contribution in [0.15, 0.2) is 83.5 Å². The molecule has 31 heavy (non-hydrogen) atoms. The first-order chi connectivity index (χ1) is 15.1. The highest BCUT2D eigenvalue weighted by molar-refractivity contribution is 6.12. The first-order valence-electron chi connectivity index (χ1n) is 9.85. The summed E-state index contributed by atoms with van der Waals surface area (Å²) >= 11 is 0. The van der Waals surface area contributed by atoms with Gasteiger partial charge >= 0.3 is 5.97 Å². The van der Waals surface area contributed by atoms with E-state index in [0.29, 0.717) is 30.3 Å². The summed E-state index contributed by atoms with van der Waals surface area (Å²) in [6.07, 6.45) is 1.57. The number of nitrogens with zero attached hydrogens (tertiary/aromatic N) is 1. The summed E-state index contributed by atoms with van der Waals surface area (Å²) in [6.45, 7) is 2.74. The van der Waals surface area contributed by atoms with Gasteiger partial charge in [0.05, 0.1) is 12.2 Å². The SMILES string of the molecule is CCOc1cc(/C=C2\N=C(c3ccccc3F)OC2=O)ccc1OCc1ccccc1. The number of hydrogen-bond acceptors (Lipinski definition) is 5. The van der Waals surface area contributed by atoms with Gasteiger partial charge in [-0.3, -0.25) is 0 Å². The zero-order valence-corrected chi connectivity index (χ0v) is 16.9. The second-order valence-corrected chi connectivity index (χ2v) is 6.73. The fraction of sp³-hybridized carbons (Fsp3) is 0.120. The molecule has 0 bridgehead atoms. The molecule has 0 saturated heterocycles. The predicted molar refractivity (Wildman–Crippen MR) is 115 cm³/mol. The summed E-state index contributed by atoms with van der Waals surface area (Å²) in [5.74, 6) is -0.0495. The van der Waals surface area contributed by atoms with Crippen molar-refractivity contribution in [2.75, 3.05) is 6.61 Å². The minimum Gasteiger partial charge on any atom is -0.490 e. The van der Waals surface area contributed by atoms with Crippen LogP contribution >= 0.6 is 0 Å². The summed E-state index contributed by atoms with van der Waals surface area (Å²) in [6, 6.07) is 21.2. The van der Waals surface area contributed by atoms with Crippen LogP contribution in [0.2, 0.25) is 0 Å². The zero-order valence-electron chi connectivity index (χ0n) is 16.9. The van der Waals surface area contributed by atoms with Crippen molar-refractivity contribution in [2.45, 2.75) is 13.5 Å². The van der Waals surface area contributed by atoms with Crippen LogP contribution in [0, 0.1) is 5.82 Å². The molecule has 0 aromatic heterocycles. The fourth-order valence-electron chi connectivity index (χ4n) is 3.05. The van der Waals surface area contributed by atoms with Gasteiger partial charge in [-0.15, -0.1) is 0 Å². The van der Waals surface area contributed by atoms with E-state index in [4.69, 9.17) is 14.2 Å². The summed E-state index contributed by atoms with van der Waals surface area (Å²) in [4.78, 5) is 16.4. The standard InChI is InChI=1S/C25H20FNO4/c1-2-29-23-15-18(12-13-22(23)30-16-17-8-4-3-5-9-17)14-21-25(28)31-24(27-21)19-10-6-7-11-20(19)26/h3-15H,2,16H2,1H3/b21-14-. The van der Waals surface area contributed by atoms with Gasteiger partial charge in [0.2, 0.25) is 5.90 Å². The molecule has 1 aliphatic heterocycles. The van der Waals surface area contributed by atoms with Crippen molar-refractivity contribution in [3.8, 4) is 11.5 Å². The largest absolute Gasteiger partial charge is 0.490 e. The van der Waals surface area contributed by atoms with Crippen LogP contribution in [0.1, 0.15) is 23.6 Å². The Morgan fingerprint density at radius 1 is 0.968 bits per heavy atom. The molecule has 0 amide bonds. The Balaban J connectivity index is 1.57. The van der Waals surface area contributed by atoms with E-state index >= 15 is 0 Å². The number of aliphatic imine (C=N–C) groups is 1. The summed E-state index contributed by atoms with van der Waals surface area (Å²) < 4.78 is 30.7. The van der Waals surface area contributed by atoms with Crippen LogP contribution in [0.3, 0.4) is 0 Å². The van der Waals surface area contributed by atoms with E-state index in [0.717, 1.165) is 5.56 Å². The average Bonchev–Trinajstić information content (AvgIpc) is 3.14. The topological polar surface area (TPSA) is 57.1 Å². The van der Waals surface area contributed by atoms with Crippen molar-refractivity contribution in [1.29, 1.82) is 0 Å². The predicted octanol–water partition coefficient (Wildman–Crippen LogP) is 5.15. The molecule has 0 aliphatic carbocycles. The molecule has 0 saturated carbocycles. The van der Waals surface area contributed by atoms with Gasteiger partial charge in [-0.05, 0) is 48.4 Å². The van der Waals surface area contributed by atoms with Gasteiger partial charge in [0, 0.05) is 0 Å². The van der Waals surface area contributed by atoms with E-state index in [9.17, 15) is 9.18 Å². The third-order valence-corrected chi connectivity index (χ3v) is 4.53. The molecule has 0 N–H and O–H groups in total. The quantitative estimate of drug-likeness (QED) is 0.394. The molecule has 3 aromatic rings. The van der Waals surface area contributed by atoms with Crippen LogP contribution < -0.4 is 9.47 Å². The molecular formula is C25H20FNO4. The highest BCUT2D eigenvalue weighted by atomic mass is 19.1. The number of rotatable bonds is 7. The number of cyclic esters (lactones) is 1. The Kier molecular flexibility index (Phi) is 6.08. The first kappa shape index (κ1) is 20.3. The summed E-state index contributed by atoms with van der Waals surface area (Å²) in [7, 11) is 0. The lowest BCUT2D eigenvalue weighted by Gasteiger charge is -2.12. The van der Waals surface area contributed by atoms with Crippen molar-refractivity contribution in [2.24, 2.45) is 4.99 Å².